The lowest BCUT2D eigenvalue weighted by atomic mass is 9.95. The van der Waals surface area contributed by atoms with E-state index in [-0.39, 0.29) is 0 Å². The number of hydrogen-bond donors (Lipinski definition) is 1. The van der Waals surface area contributed by atoms with Gasteiger partial charge in [-0.3, -0.25) is 4.98 Å². The lowest BCUT2D eigenvalue weighted by molar-refractivity contribution is 0.129. The Bertz CT molecular complexity index is 321. The van der Waals surface area contributed by atoms with Gasteiger partial charge in [-0.2, -0.15) is 0 Å². The highest BCUT2D eigenvalue weighted by Crippen LogP contribution is 2.27. The van der Waals surface area contributed by atoms with Crippen LogP contribution in [0.3, 0.4) is 0 Å². The Balaban J connectivity index is 2.00. The molecule has 2 atom stereocenters. The molecule has 1 saturated heterocycles. The number of hydrogen-bond acceptors (Lipinski definition) is 3. The van der Waals surface area contributed by atoms with Crippen LogP contribution in [0.1, 0.15) is 30.1 Å². The normalized spacial score (nSPS) is 22.9. The fourth-order valence-corrected chi connectivity index (χ4v) is 2.04. The topological polar surface area (TPSA) is 42.4 Å². The molecule has 15 heavy (non-hydrogen) atoms. The summed E-state index contributed by atoms with van der Waals surface area (Å²) in [6.45, 7) is 3.63. The highest BCUT2D eigenvalue weighted by atomic mass is 16.5. The van der Waals surface area contributed by atoms with Gasteiger partial charge in [0.1, 0.15) is 0 Å². The molecule has 0 saturated carbocycles. The van der Waals surface area contributed by atoms with Crippen LogP contribution < -0.4 is 0 Å². The van der Waals surface area contributed by atoms with Crippen molar-refractivity contribution in [3.63, 3.8) is 0 Å². The minimum Gasteiger partial charge on any atom is -0.388 e. The van der Waals surface area contributed by atoms with E-state index in [1.54, 1.807) is 12.4 Å². The second kappa shape index (κ2) is 4.73. The Labute approximate surface area is 90.1 Å². The maximum absolute atomic E-state index is 10.1. The predicted octanol–water partition coefficient (Wildman–Crippen LogP) is 1.85. The maximum atomic E-state index is 10.1. The summed E-state index contributed by atoms with van der Waals surface area (Å²) in [6, 6.07) is 1.93. The van der Waals surface area contributed by atoms with Crippen LogP contribution in [0, 0.1) is 12.8 Å². The fourth-order valence-electron chi connectivity index (χ4n) is 2.04. The molecule has 2 rings (SSSR count). The van der Waals surface area contributed by atoms with Crippen LogP contribution in [0.2, 0.25) is 0 Å². The van der Waals surface area contributed by atoms with Gasteiger partial charge in [0.25, 0.3) is 0 Å². The molecule has 0 bridgehead atoms. The van der Waals surface area contributed by atoms with Gasteiger partial charge < -0.3 is 9.84 Å². The molecule has 1 aliphatic heterocycles. The molecule has 1 aliphatic rings. The summed E-state index contributed by atoms with van der Waals surface area (Å²) < 4.78 is 5.30. The van der Waals surface area contributed by atoms with E-state index in [1.165, 1.54) is 0 Å². The minimum atomic E-state index is -0.398. The van der Waals surface area contributed by atoms with Crippen molar-refractivity contribution in [1.82, 2.24) is 4.98 Å². The van der Waals surface area contributed by atoms with Crippen molar-refractivity contribution >= 4 is 0 Å². The number of aliphatic hydroxyl groups is 1. The average Bonchev–Trinajstić information content (AvgIpc) is 2.71. The van der Waals surface area contributed by atoms with E-state index in [4.69, 9.17) is 4.74 Å². The SMILES string of the molecule is Cc1ccncc1C(O)CC1CCOC1. The van der Waals surface area contributed by atoms with Crippen molar-refractivity contribution in [1.29, 1.82) is 0 Å². The van der Waals surface area contributed by atoms with Crippen molar-refractivity contribution in [3.05, 3.63) is 29.6 Å². The summed E-state index contributed by atoms with van der Waals surface area (Å²) in [4.78, 5) is 4.05. The molecule has 1 fully saturated rings. The van der Waals surface area contributed by atoms with Crippen LogP contribution in [-0.4, -0.2) is 23.3 Å². The zero-order valence-corrected chi connectivity index (χ0v) is 9.02. The smallest absolute Gasteiger partial charge is 0.0811 e. The maximum Gasteiger partial charge on any atom is 0.0811 e. The number of aliphatic hydroxyl groups excluding tert-OH is 1. The third-order valence-corrected chi connectivity index (χ3v) is 3.02. The number of pyridine rings is 1. The van der Waals surface area contributed by atoms with Gasteiger partial charge in [-0.05, 0) is 37.3 Å². The number of aromatic nitrogens is 1. The van der Waals surface area contributed by atoms with Crippen molar-refractivity contribution in [3.8, 4) is 0 Å². The molecule has 82 valence electrons. The molecule has 0 spiro atoms. The molecule has 0 amide bonds. The summed E-state index contributed by atoms with van der Waals surface area (Å²) in [5.41, 5.74) is 2.06. The standard InChI is InChI=1S/C12H17NO2/c1-9-2-4-13-7-11(9)12(14)6-10-3-5-15-8-10/h2,4,7,10,12,14H,3,5-6,8H2,1H3. The van der Waals surface area contributed by atoms with E-state index in [1.807, 2.05) is 13.0 Å². The van der Waals surface area contributed by atoms with E-state index in [0.717, 1.165) is 37.2 Å². The summed E-state index contributed by atoms with van der Waals surface area (Å²) >= 11 is 0. The molecule has 3 heteroatoms. The first-order valence-electron chi connectivity index (χ1n) is 5.43. The predicted molar refractivity (Wildman–Crippen MR) is 57.5 cm³/mol. The number of rotatable bonds is 3. The van der Waals surface area contributed by atoms with Crippen LogP contribution in [0.4, 0.5) is 0 Å². The van der Waals surface area contributed by atoms with E-state index >= 15 is 0 Å². The second-order valence-electron chi connectivity index (χ2n) is 4.21. The van der Waals surface area contributed by atoms with E-state index in [9.17, 15) is 5.11 Å². The summed E-state index contributed by atoms with van der Waals surface area (Å²) in [7, 11) is 0. The van der Waals surface area contributed by atoms with Gasteiger partial charge in [0.15, 0.2) is 0 Å². The van der Waals surface area contributed by atoms with Gasteiger partial charge in [-0.25, -0.2) is 0 Å². The zero-order valence-electron chi connectivity index (χ0n) is 9.02. The molecule has 0 aliphatic carbocycles. The summed E-state index contributed by atoms with van der Waals surface area (Å²) in [5.74, 6) is 0.500. The van der Waals surface area contributed by atoms with Gasteiger partial charge in [-0.1, -0.05) is 0 Å². The quantitative estimate of drug-likeness (QED) is 0.822. The Hall–Kier alpha value is -0.930. The molecule has 2 heterocycles. The molecular formula is C12H17NO2. The van der Waals surface area contributed by atoms with Gasteiger partial charge >= 0.3 is 0 Å². The van der Waals surface area contributed by atoms with Gasteiger partial charge in [0.2, 0.25) is 0 Å². The largest absolute Gasteiger partial charge is 0.388 e. The van der Waals surface area contributed by atoms with E-state index in [2.05, 4.69) is 4.98 Å². The van der Waals surface area contributed by atoms with Gasteiger partial charge in [0, 0.05) is 31.2 Å². The third-order valence-electron chi connectivity index (χ3n) is 3.02. The number of aryl methyl sites for hydroxylation is 1. The van der Waals surface area contributed by atoms with Crippen molar-refractivity contribution in [2.45, 2.75) is 25.9 Å². The van der Waals surface area contributed by atoms with E-state index < -0.39 is 6.10 Å². The van der Waals surface area contributed by atoms with Gasteiger partial charge in [-0.15, -0.1) is 0 Å². The van der Waals surface area contributed by atoms with Crippen LogP contribution in [0.25, 0.3) is 0 Å². The zero-order chi connectivity index (χ0) is 10.7. The van der Waals surface area contributed by atoms with Crippen LogP contribution >= 0.6 is 0 Å². The minimum absolute atomic E-state index is 0.398. The lowest BCUT2D eigenvalue weighted by Crippen LogP contribution is -2.08. The Morgan fingerprint density at radius 3 is 3.20 bits per heavy atom. The molecule has 1 N–H and O–H groups in total. The van der Waals surface area contributed by atoms with E-state index in [0.29, 0.717) is 5.92 Å². The Morgan fingerprint density at radius 1 is 1.67 bits per heavy atom. The highest BCUT2D eigenvalue weighted by molar-refractivity contribution is 5.23. The molecule has 0 radical (unpaired) electrons. The highest BCUT2D eigenvalue weighted by Gasteiger charge is 2.21. The van der Waals surface area contributed by atoms with Crippen molar-refractivity contribution in [2.24, 2.45) is 5.92 Å². The average molecular weight is 207 g/mol. The Morgan fingerprint density at radius 2 is 2.53 bits per heavy atom. The first kappa shape index (κ1) is 10.6. The number of nitrogens with zero attached hydrogens (tertiary/aromatic N) is 1. The summed E-state index contributed by atoms with van der Waals surface area (Å²) in [6.07, 6.45) is 4.97. The first-order valence-corrected chi connectivity index (χ1v) is 5.43. The molecule has 3 nitrogen and oxygen atoms in total. The molecular weight excluding hydrogens is 190 g/mol. The second-order valence-corrected chi connectivity index (χ2v) is 4.21. The molecule has 1 aromatic rings. The lowest BCUT2D eigenvalue weighted by Gasteiger charge is -2.16. The molecule has 2 unspecified atom stereocenters. The number of ether oxygens (including phenoxy) is 1. The van der Waals surface area contributed by atoms with Crippen molar-refractivity contribution in [2.75, 3.05) is 13.2 Å². The molecule has 0 aromatic carbocycles. The first-order chi connectivity index (χ1) is 7.27. The van der Waals surface area contributed by atoms with Crippen molar-refractivity contribution < 1.29 is 9.84 Å². The van der Waals surface area contributed by atoms with Crippen LogP contribution in [0.5, 0.6) is 0 Å². The summed E-state index contributed by atoms with van der Waals surface area (Å²) in [5, 5.41) is 10.1. The van der Waals surface area contributed by atoms with Crippen LogP contribution in [0.15, 0.2) is 18.5 Å². The van der Waals surface area contributed by atoms with Gasteiger partial charge in [0.05, 0.1) is 6.10 Å². The molecule has 1 aromatic heterocycles. The Kier molecular flexibility index (Phi) is 3.34. The fraction of sp³-hybridized carbons (Fsp3) is 0.583. The monoisotopic (exact) mass is 207 g/mol. The van der Waals surface area contributed by atoms with Crippen LogP contribution in [-0.2, 0) is 4.74 Å². The third kappa shape index (κ3) is 2.55.